The number of nitrogens with zero attached hydrogens (tertiary/aromatic N) is 3. The summed E-state index contributed by atoms with van der Waals surface area (Å²) in [5, 5.41) is 17.0. The minimum Gasteiger partial charge on any atom is -0.507 e. The third-order valence-corrected chi connectivity index (χ3v) is 11.4. The predicted molar refractivity (Wildman–Crippen MR) is 237 cm³/mol. The van der Waals surface area contributed by atoms with E-state index in [2.05, 4.69) is 189 Å². The van der Waals surface area contributed by atoms with Crippen LogP contribution in [0.4, 0.5) is 0 Å². The molecule has 1 N–H and O–H groups in total. The van der Waals surface area contributed by atoms with Crippen LogP contribution in [0.2, 0.25) is 0 Å². The first-order valence-corrected chi connectivity index (χ1v) is 20.0. The second kappa shape index (κ2) is 13.8. The lowest BCUT2D eigenvalue weighted by Crippen LogP contribution is -2.17. The lowest BCUT2D eigenvalue weighted by atomic mass is 9.79. The fraction of sp³-hybridized carbons (Fsp3) is 0.269. The van der Waals surface area contributed by atoms with Gasteiger partial charge in [0.25, 0.3) is 0 Å². The van der Waals surface area contributed by atoms with Gasteiger partial charge in [-0.3, -0.25) is 9.55 Å². The lowest BCUT2D eigenvalue weighted by molar-refractivity contribution is 0.446. The monoisotopic (exact) mass is 735 g/mol. The maximum atomic E-state index is 12.4. The Morgan fingerprint density at radius 2 is 1.23 bits per heavy atom. The van der Waals surface area contributed by atoms with Gasteiger partial charge in [0.2, 0.25) is 0 Å². The molecule has 6 aromatic carbocycles. The van der Waals surface area contributed by atoms with Crippen LogP contribution >= 0.6 is 0 Å². The van der Waals surface area contributed by atoms with Crippen LogP contribution in [0.15, 0.2) is 121 Å². The summed E-state index contributed by atoms with van der Waals surface area (Å²) in [6, 6.07) is 41.3. The van der Waals surface area contributed by atoms with Crippen molar-refractivity contribution in [3.05, 3.63) is 144 Å². The van der Waals surface area contributed by atoms with Crippen LogP contribution in [0.5, 0.6) is 5.75 Å². The molecule has 0 aliphatic heterocycles. The van der Waals surface area contributed by atoms with E-state index < -0.39 is 0 Å². The van der Waals surface area contributed by atoms with Crippen molar-refractivity contribution in [2.24, 2.45) is 0 Å². The van der Waals surface area contributed by atoms with E-state index in [-0.39, 0.29) is 28.4 Å². The van der Waals surface area contributed by atoms with Gasteiger partial charge in [-0.05, 0) is 91.4 Å². The number of aromatic nitrogens is 3. The molecule has 0 bridgehead atoms. The highest BCUT2D eigenvalue weighted by atomic mass is 16.3. The first-order chi connectivity index (χ1) is 26.6. The van der Waals surface area contributed by atoms with Crippen LogP contribution in [-0.4, -0.2) is 19.6 Å². The quantitative estimate of drug-likeness (QED) is 0.185. The standard InChI is InChI=1S/C52H53N3O/c1-31(2)38-21-15-22-39(32(3)4)48(38)55-46-24-16-23-41(47(46)54-50(55)43-28-37(51(5,6)7)29-44(49(43)56)52(8,9)10)42-26-36(25-34-18-13-14-20-40(34)42)45-27-33-17-11-12-19-35(33)30-53-45/h11-32,56H,1-10H3. The Hall–Kier alpha value is -5.74. The lowest BCUT2D eigenvalue weighted by Gasteiger charge is -2.28. The molecule has 56 heavy (non-hydrogen) atoms. The molecule has 2 aromatic heterocycles. The van der Waals surface area contributed by atoms with Crippen molar-refractivity contribution in [1.29, 1.82) is 0 Å². The molecule has 0 fully saturated rings. The van der Waals surface area contributed by atoms with Crippen molar-refractivity contribution in [3.63, 3.8) is 0 Å². The van der Waals surface area contributed by atoms with Crippen molar-refractivity contribution >= 4 is 32.6 Å². The van der Waals surface area contributed by atoms with Gasteiger partial charge < -0.3 is 5.11 Å². The van der Waals surface area contributed by atoms with Gasteiger partial charge in [-0.2, -0.15) is 0 Å². The molecule has 0 aliphatic carbocycles. The number of rotatable bonds is 6. The van der Waals surface area contributed by atoms with Crippen LogP contribution in [0.3, 0.4) is 0 Å². The van der Waals surface area contributed by atoms with Crippen LogP contribution in [0.1, 0.15) is 103 Å². The second-order valence-corrected chi connectivity index (χ2v) is 18.1. The molecule has 0 unspecified atom stereocenters. The third-order valence-electron chi connectivity index (χ3n) is 11.4. The summed E-state index contributed by atoms with van der Waals surface area (Å²) in [6.45, 7) is 22.3. The fourth-order valence-electron chi connectivity index (χ4n) is 8.23. The first-order valence-electron chi connectivity index (χ1n) is 20.0. The maximum absolute atomic E-state index is 12.4. The van der Waals surface area contributed by atoms with E-state index in [0.717, 1.165) is 83.2 Å². The molecule has 2 heterocycles. The SMILES string of the molecule is CC(C)c1cccc(C(C)C)c1-n1c(-c2cc(C(C)(C)C)cc(C(C)(C)C)c2O)nc2c(-c3cc(-c4cc5ccccc5cn4)cc4ccccc34)cccc21. The fourth-order valence-corrected chi connectivity index (χ4v) is 8.23. The van der Waals surface area contributed by atoms with Gasteiger partial charge in [0, 0.05) is 28.3 Å². The number of phenols is 1. The number of pyridine rings is 1. The average molecular weight is 736 g/mol. The highest BCUT2D eigenvalue weighted by molar-refractivity contribution is 6.07. The van der Waals surface area contributed by atoms with Crippen LogP contribution < -0.4 is 0 Å². The molecule has 4 heteroatoms. The van der Waals surface area contributed by atoms with Crippen molar-refractivity contribution in [1.82, 2.24) is 14.5 Å². The van der Waals surface area contributed by atoms with Gasteiger partial charge in [-0.1, -0.05) is 154 Å². The highest BCUT2D eigenvalue weighted by Crippen LogP contribution is 2.46. The highest BCUT2D eigenvalue weighted by Gasteiger charge is 2.30. The summed E-state index contributed by atoms with van der Waals surface area (Å²) in [7, 11) is 0. The molecule has 0 aliphatic rings. The normalized spacial score (nSPS) is 12.5. The summed E-state index contributed by atoms with van der Waals surface area (Å²) in [5.41, 5.74) is 12.0. The Balaban J connectivity index is 1.51. The van der Waals surface area contributed by atoms with Crippen molar-refractivity contribution < 1.29 is 5.11 Å². The molecule has 0 saturated carbocycles. The molecule has 282 valence electrons. The number of fused-ring (bicyclic) bond motifs is 3. The van der Waals surface area contributed by atoms with E-state index in [9.17, 15) is 5.11 Å². The van der Waals surface area contributed by atoms with Crippen molar-refractivity contribution in [3.8, 4) is 45.2 Å². The van der Waals surface area contributed by atoms with Gasteiger partial charge in [-0.15, -0.1) is 0 Å². The largest absolute Gasteiger partial charge is 0.507 e. The van der Waals surface area contributed by atoms with Gasteiger partial charge in [0.05, 0.1) is 28.0 Å². The first kappa shape index (κ1) is 37.2. The molecule has 0 radical (unpaired) electrons. The van der Waals surface area contributed by atoms with E-state index >= 15 is 0 Å². The smallest absolute Gasteiger partial charge is 0.149 e. The number of para-hydroxylation sites is 2. The number of aromatic hydroxyl groups is 1. The predicted octanol–water partition coefficient (Wildman–Crippen LogP) is 14.3. The Kier molecular flexibility index (Phi) is 9.15. The number of hydrogen-bond donors (Lipinski definition) is 1. The van der Waals surface area contributed by atoms with Gasteiger partial charge in [0.15, 0.2) is 0 Å². The average Bonchev–Trinajstić information content (AvgIpc) is 3.55. The Morgan fingerprint density at radius 3 is 1.89 bits per heavy atom. The molecule has 0 spiro atoms. The molecule has 4 nitrogen and oxygen atoms in total. The van der Waals surface area contributed by atoms with Crippen LogP contribution in [0, 0.1) is 0 Å². The molecule has 0 saturated heterocycles. The van der Waals surface area contributed by atoms with E-state index in [4.69, 9.17) is 9.97 Å². The Bertz CT molecular complexity index is 2760. The summed E-state index contributed by atoms with van der Waals surface area (Å²) in [6.07, 6.45) is 1.97. The van der Waals surface area contributed by atoms with Crippen molar-refractivity contribution in [2.75, 3.05) is 0 Å². The second-order valence-electron chi connectivity index (χ2n) is 18.1. The van der Waals surface area contributed by atoms with Crippen molar-refractivity contribution in [2.45, 2.75) is 91.9 Å². The zero-order chi connectivity index (χ0) is 39.7. The van der Waals surface area contributed by atoms with Gasteiger partial charge in [0.1, 0.15) is 11.6 Å². The number of phenolic OH excluding ortho intramolecular Hbond substituents is 1. The summed E-state index contributed by atoms with van der Waals surface area (Å²) < 4.78 is 2.36. The number of benzene rings is 6. The van der Waals surface area contributed by atoms with E-state index in [1.54, 1.807) is 0 Å². The van der Waals surface area contributed by atoms with Crippen LogP contribution in [-0.2, 0) is 10.8 Å². The topological polar surface area (TPSA) is 50.9 Å². The van der Waals surface area contributed by atoms with Crippen LogP contribution in [0.25, 0.3) is 72.0 Å². The summed E-state index contributed by atoms with van der Waals surface area (Å²) >= 11 is 0. The zero-order valence-corrected chi connectivity index (χ0v) is 34.5. The molecular weight excluding hydrogens is 683 g/mol. The van der Waals surface area contributed by atoms with E-state index in [1.165, 1.54) is 11.1 Å². The minimum atomic E-state index is -0.294. The summed E-state index contributed by atoms with van der Waals surface area (Å²) in [5.74, 6) is 1.54. The summed E-state index contributed by atoms with van der Waals surface area (Å²) in [4.78, 5) is 10.6. The molecule has 0 atom stereocenters. The molecule has 8 aromatic rings. The number of imidazole rings is 1. The molecule has 8 rings (SSSR count). The maximum Gasteiger partial charge on any atom is 0.149 e. The Morgan fingerprint density at radius 1 is 0.589 bits per heavy atom. The zero-order valence-electron chi connectivity index (χ0n) is 34.5. The Labute approximate surface area is 331 Å². The molecular formula is C52H53N3O. The van der Waals surface area contributed by atoms with Gasteiger partial charge >= 0.3 is 0 Å². The van der Waals surface area contributed by atoms with Gasteiger partial charge in [-0.25, -0.2) is 4.98 Å². The van der Waals surface area contributed by atoms with E-state index in [0.29, 0.717) is 0 Å². The minimum absolute atomic E-state index is 0.153. The third kappa shape index (κ3) is 6.45. The molecule has 0 amide bonds. The van der Waals surface area contributed by atoms with E-state index in [1.807, 2.05) is 6.20 Å². The number of hydrogen-bond acceptors (Lipinski definition) is 3.